The van der Waals surface area contributed by atoms with Crippen molar-refractivity contribution in [2.24, 2.45) is 0 Å². The largest absolute Gasteiger partial charge is 0.361 e. The topological polar surface area (TPSA) is 38.2 Å². The molecule has 0 N–H and O–H groups in total. The van der Waals surface area contributed by atoms with E-state index in [0.29, 0.717) is 18.6 Å². The van der Waals surface area contributed by atoms with Crippen LogP contribution in [0.1, 0.15) is 62.5 Å². The number of nitrogens with zero attached hydrogens (tertiary/aromatic N) is 3. The SMILES string of the molecule is CCC(CC)N1CC2(C1)OCc1nc(C3CC3)ncc12. The van der Waals surface area contributed by atoms with E-state index in [-0.39, 0.29) is 5.60 Å². The molecule has 1 aromatic heterocycles. The van der Waals surface area contributed by atoms with Gasteiger partial charge in [0.25, 0.3) is 0 Å². The molecule has 1 saturated heterocycles. The standard InChI is InChI=1S/C16H23N3O/c1-3-12(4-2)19-9-16(10-19)13-7-17-15(11-5-6-11)18-14(13)8-20-16/h7,11-12H,3-6,8-10H2,1-2H3. The van der Waals surface area contributed by atoms with Crippen LogP contribution in [0.15, 0.2) is 6.20 Å². The van der Waals surface area contributed by atoms with Crippen molar-refractivity contribution >= 4 is 0 Å². The third kappa shape index (κ3) is 1.81. The molecule has 3 aliphatic rings. The molecule has 0 unspecified atom stereocenters. The van der Waals surface area contributed by atoms with Gasteiger partial charge in [-0.15, -0.1) is 0 Å². The second-order valence-electron chi connectivity index (χ2n) is 6.52. The molecule has 108 valence electrons. The summed E-state index contributed by atoms with van der Waals surface area (Å²) < 4.78 is 6.13. The molecule has 0 radical (unpaired) electrons. The highest BCUT2D eigenvalue weighted by atomic mass is 16.5. The van der Waals surface area contributed by atoms with Crippen molar-refractivity contribution < 1.29 is 4.74 Å². The zero-order valence-corrected chi connectivity index (χ0v) is 12.4. The lowest BCUT2D eigenvalue weighted by Gasteiger charge is -2.50. The van der Waals surface area contributed by atoms with Crippen molar-refractivity contribution in [2.75, 3.05) is 13.1 Å². The Balaban J connectivity index is 1.54. The van der Waals surface area contributed by atoms with E-state index in [2.05, 4.69) is 23.7 Å². The first kappa shape index (κ1) is 12.7. The molecule has 1 spiro atoms. The molecule has 2 fully saturated rings. The predicted molar refractivity (Wildman–Crippen MR) is 76.4 cm³/mol. The predicted octanol–water partition coefficient (Wildman–Crippen LogP) is 2.58. The van der Waals surface area contributed by atoms with Gasteiger partial charge in [0.2, 0.25) is 0 Å². The second-order valence-corrected chi connectivity index (χ2v) is 6.52. The molecular formula is C16H23N3O. The number of likely N-dealkylation sites (tertiary alicyclic amines) is 1. The highest BCUT2D eigenvalue weighted by molar-refractivity contribution is 5.33. The zero-order chi connectivity index (χ0) is 13.7. The first-order valence-corrected chi connectivity index (χ1v) is 8.00. The van der Waals surface area contributed by atoms with Crippen LogP contribution < -0.4 is 0 Å². The minimum atomic E-state index is -0.0972. The lowest BCUT2D eigenvalue weighted by Crippen LogP contribution is -2.62. The van der Waals surface area contributed by atoms with Crippen molar-refractivity contribution in [2.45, 2.75) is 63.7 Å². The van der Waals surface area contributed by atoms with Gasteiger partial charge >= 0.3 is 0 Å². The van der Waals surface area contributed by atoms with E-state index in [1.54, 1.807) is 0 Å². The van der Waals surface area contributed by atoms with Crippen LogP contribution in [0.4, 0.5) is 0 Å². The zero-order valence-electron chi connectivity index (χ0n) is 12.4. The number of hydrogen-bond donors (Lipinski definition) is 0. The van der Waals surface area contributed by atoms with Crippen LogP contribution in [0, 0.1) is 0 Å². The summed E-state index contributed by atoms with van der Waals surface area (Å²) in [5, 5.41) is 0. The van der Waals surface area contributed by atoms with Crippen molar-refractivity contribution in [3.8, 4) is 0 Å². The van der Waals surface area contributed by atoms with E-state index in [0.717, 1.165) is 24.6 Å². The Bertz CT molecular complexity index is 516. The molecule has 0 atom stereocenters. The van der Waals surface area contributed by atoms with E-state index in [1.165, 1.54) is 31.2 Å². The van der Waals surface area contributed by atoms with Crippen LogP contribution in [0.2, 0.25) is 0 Å². The molecular weight excluding hydrogens is 250 g/mol. The van der Waals surface area contributed by atoms with Crippen molar-refractivity contribution in [3.63, 3.8) is 0 Å². The minimum Gasteiger partial charge on any atom is -0.361 e. The van der Waals surface area contributed by atoms with Crippen molar-refractivity contribution in [1.82, 2.24) is 14.9 Å². The summed E-state index contributed by atoms with van der Waals surface area (Å²) in [6, 6.07) is 0.694. The van der Waals surface area contributed by atoms with Gasteiger partial charge in [0.05, 0.1) is 12.3 Å². The summed E-state index contributed by atoms with van der Waals surface area (Å²) in [6.07, 6.45) is 7.00. The van der Waals surface area contributed by atoms with E-state index in [4.69, 9.17) is 9.72 Å². The molecule has 1 aromatic rings. The molecule has 3 heterocycles. The van der Waals surface area contributed by atoms with Crippen LogP contribution in [0.5, 0.6) is 0 Å². The van der Waals surface area contributed by atoms with Gasteiger partial charge in [0.15, 0.2) is 0 Å². The summed E-state index contributed by atoms with van der Waals surface area (Å²) in [5.41, 5.74) is 2.30. The third-order valence-corrected chi connectivity index (χ3v) is 5.18. The van der Waals surface area contributed by atoms with E-state index in [1.807, 2.05) is 6.20 Å². The Labute approximate surface area is 120 Å². The normalized spacial score (nSPS) is 24.1. The van der Waals surface area contributed by atoms with Crippen LogP contribution in [0.25, 0.3) is 0 Å². The molecule has 2 aliphatic heterocycles. The molecule has 20 heavy (non-hydrogen) atoms. The minimum absolute atomic E-state index is 0.0972. The Hall–Kier alpha value is -1.00. The van der Waals surface area contributed by atoms with E-state index < -0.39 is 0 Å². The molecule has 0 aromatic carbocycles. The summed E-state index contributed by atoms with van der Waals surface area (Å²) in [5.74, 6) is 1.67. The van der Waals surface area contributed by atoms with Gasteiger partial charge < -0.3 is 4.74 Å². The molecule has 4 heteroatoms. The monoisotopic (exact) mass is 273 g/mol. The van der Waals surface area contributed by atoms with Crippen molar-refractivity contribution in [1.29, 1.82) is 0 Å². The molecule has 4 rings (SSSR count). The van der Waals surface area contributed by atoms with Gasteiger partial charge in [-0.05, 0) is 25.7 Å². The molecule has 4 nitrogen and oxygen atoms in total. The number of fused-ring (bicyclic) bond motifs is 2. The van der Waals surface area contributed by atoms with Crippen LogP contribution in [-0.4, -0.2) is 34.0 Å². The van der Waals surface area contributed by atoms with Gasteiger partial charge in [-0.25, -0.2) is 9.97 Å². The fourth-order valence-electron chi connectivity index (χ4n) is 3.68. The summed E-state index contributed by atoms with van der Waals surface area (Å²) >= 11 is 0. The van der Waals surface area contributed by atoms with E-state index >= 15 is 0 Å². The fourth-order valence-corrected chi connectivity index (χ4v) is 3.68. The van der Waals surface area contributed by atoms with Crippen LogP contribution >= 0.6 is 0 Å². The quantitative estimate of drug-likeness (QED) is 0.845. The maximum absolute atomic E-state index is 6.13. The molecule has 1 saturated carbocycles. The first-order chi connectivity index (χ1) is 9.75. The van der Waals surface area contributed by atoms with Gasteiger partial charge in [0, 0.05) is 36.8 Å². The highest BCUT2D eigenvalue weighted by Gasteiger charge is 2.52. The Morgan fingerprint density at radius 2 is 2.10 bits per heavy atom. The lowest BCUT2D eigenvalue weighted by atomic mass is 9.85. The third-order valence-electron chi connectivity index (χ3n) is 5.18. The lowest BCUT2D eigenvalue weighted by molar-refractivity contribution is -0.155. The number of aromatic nitrogens is 2. The fraction of sp³-hybridized carbons (Fsp3) is 0.750. The van der Waals surface area contributed by atoms with Crippen LogP contribution in [-0.2, 0) is 16.9 Å². The summed E-state index contributed by atoms with van der Waals surface area (Å²) in [6.45, 7) is 7.24. The smallest absolute Gasteiger partial charge is 0.131 e. The Morgan fingerprint density at radius 1 is 1.35 bits per heavy atom. The first-order valence-electron chi connectivity index (χ1n) is 8.00. The Kier molecular flexibility index (Phi) is 2.86. The number of ether oxygens (including phenoxy) is 1. The highest BCUT2D eigenvalue weighted by Crippen LogP contribution is 2.45. The molecule has 0 amide bonds. The van der Waals surface area contributed by atoms with E-state index in [9.17, 15) is 0 Å². The van der Waals surface area contributed by atoms with Gasteiger partial charge in [0.1, 0.15) is 11.4 Å². The number of rotatable bonds is 4. The van der Waals surface area contributed by atoms with Crippen molar-refractivity contribution in [3.05, 3.63) is 23.3 Å². The Morgan fingerprint density at radius 3 is 2.75 bits per heavy atom. The maximum atomic E-state index is 6.13. The summed E-state index contributed by atoms with van der Waals surface area (Å²) in [4.78, 5) is 11.9. The number of hydrogen-bond acceptors (Lipinski definition) is 4. The second kappa shape index (κ2) is 4.50. The molecule has 1 aliphatic carbocycles. The van der Waals surface area contributed by atoms with Gasteiger partial charge in [-0.2, -0.15) is 0 Å². The van der Waals surface area contributed by atoms with Gasteiger partial charge in [-0.1, -0.05) is 13.8 Å². The average Bonchev–Trinajstić information content (AvgIpc) is 3.21. The maximum Gasteiger partial charge on any atom is 0.131 e. The average molecular weight is 273 g/mol. The molecule has 0 bridgehead atoms. The van der Waals surface area contributed by atoms with Gasteiger partial charge in [-0.3, -0.25) is 4.90 Å². The van der Waals surface area contributed by atoms with Crippen LogP contribution in [0.3, 0.4) is 0 Å². The summed E-state index contributed by atoms with van der Waals surface area (Å²) in [7, 11) is 0.